The number of nitrogens with zero attached hydrogens (tertiary/aromatic N) is 2. The zero-order chi connectivity index (χ0) is 31.6. The van der Waals surface area contributed by atoms with Gasteiger partial charge in [0.2, 0.25) is 10.0 Å². The number of nitrogens with one attached hydrogen (secondary N) is 1. The van der Waals surface area contributed by atoms with Gasteiger partial charge in [0.1, 0.15) is 22.7 Å². The Bertz CT molecular complexity index is 1780. The van der Waals surface area contributed by atoms with Crippen molar-refractivity contribution in [1.29, 1.82) is 0 Å². The molecule has 2 heterocycles. The lowest BCUT2D eigenvalue weighted by Crippen LogP contribution is -2.26. The van der Waals surface area contributed by atoms with E-state index in [-0.39, 0.29) is 40.2 Å². The maximum Gasteiger partial charge on any atom is 0.387 e. The summed E-state index contributed by atoms with van der Waals surface area (Å²) in [5.41, 5.74) is 1.55. The highest BCUT2D eigenvalue weighted by molar-refractivity contribution is 7.92. The van der Waals surface area contributed by atoms with Crippen LogP contribution in [0.3, 0.4) is 0 Å². The second-order valence-corrected chi connectivity index (χ2v) is 12.9. The molecule has 5 rings (SSSR count). The SMILES string of the molecule is CS(=O)(=O)Nc1cn(CC(=O)OC(Cc2c(Cl)c[n+]([O-])cc2Cl)c2ccc(OC(F)F)c(OCC3CC3)c2)c2ccccc12. The van der Waals surface area contributed by atoms with Gasteiger partial charge in [0, 0.05) is 23.6 Å². The fourth-order valence-electron chi connectivity index (χ4n) is 4.66. The summed E-state index contributed by atoms with van der Waals surface area (Å²) in [5, 5.41) is 12.5. The summed E-state index contributed by atoms with van der Waals surface area (Å²) < 4.78 is 70.8. The molecule has 4 aromatic rings. The number of hydrogen-bond acceptors (Lipinski definition) is 7. The topological polar surface area (TPSA) is 123 Å². The Morgan fingerprint density at radius 2 is 1.84 bits per heavy atom. The van der Waals surface area contributed by atoms with E-state index >= 15 is 0 Å². The van der Waals surface area contributed by atoms with Crippen molar-refractivity contribution in [2.75, 3.05) is 17.6 Å². The molecule has 0 aliphatic heterocycles. The minimum Gasteiger partial charge on any atom is -0.619 e. The highest BCUT2D eigenvalue weighted by Gasteiger charge is 2.27. The van der Waals surface area contributed by atoms with Gasteiger partial charge in [0.15, 0.2) is 23.9 Å². The van der Waals surface area contributed by atoms with Crippen LogP contribution in [0.15, 0.2) is 61.1 Å². The average Bonchev–Trinajstić information content (AvgIpc) is 3.71. The van der Waals surface area contributed by atoms with Gasteiger partial charge in [0.05, 0.1) is 24.1 Å². The van der Waals surface area contributed by atoms with Crippen LogP contribution in [0.5, 0.6) is 11.5 Å². The standard InChI is InChI=1S/C29H27Cl2F2N3O7S/c1-44(39,40)34-23-14-35(24-5-3-2-4-19(23)24)15-28(37)42-26(11-20-21(30)12-36(38)13-22(20)31)18-8-9-25(43-29(32)33)27(10-18)41-16-17-6-7-17/h2-5,8-10,12-14,17,26,29,34H,6-7,11,15-16H2,1H3. The highest BCUT2D eigenvalue weighted by atomic mass is 35.5. The number of pyridine rings is 1. The van der Waals surface area contributed by atoms with Crippen LogP contribution in [0.25, 0.3) is 10.9 Å². The van der Waals surface area contributed by atoms with Crippen LogP contribution in [0.2, 0.25) is 10.0 Å². The van der Waals surface area contributed by atoms with Crippen molar-refractivity contribution in [2.45, 2.75) is 38.5 Å². The first-order valence-corrected chi connectivity index (χ1v) is 16.0. The Hall–Kier alpha value is -3.81. The van der Waals surface area contributed by atoms with E-state index in [0.29, 0.717) is 39.3 Å². The number of rotatable bonds is 13. The molecule has 1 unspecified atom stereocenters. The van der Waals surface area contributed by atoms with Gasteiger partial charge in [-0.05, 0) is 42.5 Å². The Morgan fingerprint density at radius 3 is 2.50 bits per heavy atom. The third-order valence-electron chi connectivity index (χ3n) is 6.83. The molecule has 2 aromatic heterocycles. The van der Waals surface area contributed by atoms with Crippen molar-refractivity contribution in [2.24, 2.45) is 5.92 Å². The predicted octanol–water partition coefficient (Wildman–Crippen LogP) is 5.87. The molecule has 44 heavy (non-hydrogen) atoms. The molecule has 0 saturated heterocycles. The quantitative estimate of drug-likeness (QED) is 0.107. The normalized spacial score (nSPS) is 14.0. The van der Waals surface area contributed by atoms with Crippen molar-refractivity contribution >= 4 is 55.8 Å². The Balaban J connectivity index is 1.47. The third kappa shape index (κ3) is 8.01. The second kappa shape index (κ2) is 13.0. The van der Waals surface area contributed by atoms with E-state index in [0.717, 1.165) is 31.5 Å². The minimum absolute atomic E-state index is 0.0318. The summed E-state index contributed by atoms with van der Waals surface area (Å²) in [6.07, 6.45) is 5.51. The predicted molar refractivity (Wildman–Crippen MR) is 160 cm³/mol. The molecule has 1 aliphatic carbocycles. The van der Waals surface area contributed by atoms with Gasteiger partial charge in [-0.3, -0.25) is 9.52 Å². The first kappa shape index (κ1) is 31.6. The van der Waals surface area contributed by atoms with Crippen molar-refractivity contribution < 1.29 is 40.9 Å². The molecule has 0 spiro atoms. The number of ether oxygens (including phenoxy) is 3. The smallest absolute Gasteiger partial charge is 0.387 e. The van der Waals surface area contributed by atoms with Gasteiger partial charge in [-0.25, -0.2) is 8.42 Å². The number of halogens is 4. The van der Waals surface area contributed by atoms with E-state index in [1.54, 1.807) is 24.3 Å². The fourth-order valence-corrected chi connectivity index (χ4v) is 5.82. The molecule has 15 heteroatoms. The van der Waals surface area contributed by atoms with Gasteiger partial charge in [-0.15, -0.1) is 0 Å². The molecule has 0 radical (unpaired) electrons. The van der Waals surface area contributed by atoms with E-state index in [1.807, 2.05) is 0 Å². The summed E-state index contributed by atoms with van der Waals surface area (Å²) >= 11 is 12.6. The van der Waals surface area contributed by atoms with Crippen LogP contribution in [-0.2, 0) is 32.5 Å². The first-order valence-electron chi connectivity index (χ1n) is 13.4. The number of benzene rings is 2. The molecule has 1 N–H and O–H groups in total. The number of sulfonamides is 1. The zero-order valence-electron chi connectivity index (χ0n) is 23.2. The maximum atomic E-state index is 13.4. The Kier molecular flexibility index (Phi) is 9.37. The summed E-state index contributed by atoms with van der Waals surface area (Å²) in [5.74, 6) is -0.531. The number of fused-ring (bicyclic) bond motifs is 1. The summed E-state index contributed by atoms with van der Waals surface area (Å²) in [7, 11) is -3.60. The summed E-state index contributed by atoms with van der Waals surface area (Å²) in [4.78, 5) is 13.4. The molecule has 10 nitrogen and oxygen atoms in total. The molecule has 1 saturated carbocycles. The Morgan fingerprint density at radius 1 is 1.14 bits per heavy atom. The van der Waals surface area contributed by atoms with Crippen molar-refractivity contribution in [3.8, 4) is 11.5 Å². The number of carbonyl (C=O) groups is 1. The molecule has 0 amide bonds. The monoisotopic (exact) mass is 669 g/mol. The molecule has 234 valence electrons. The van der Waals surface area contributed by atoms with Gasteiger partial charge in [-0.2, -0.15) is 13.5 Å². The van der Waals surface area contributed by atoms with Gasteiger partial charge < -0.3 is 24.0 Å². The number of para-hydroxylation sites is 1. The Labute approximate surface area is 261 Å². The van der Waals surface area contributed by atoms with E-state index in [1.165, 1.54) is 29.0 Å². The molecule has 1 fully saturated rings. The first-order chi connectivity index (χ1) is 20.9. The highest BCUT2D eigenvalue weighted by Crippen LogP contribution is 2.38. The molecule has 0 bridgehead atoms. The number of carbonyl (C=O) groups excluding carboxylic acids is 1. The lowest BCUT2D eigenvalue weighted by Gasteiger charge is -2.21. The minimum atomic E-state index is -3.60. The average molecular weight is 671 g/mol. The van der Waals surface area contributed by atoms with Gasteiger partial charge in [0.25, 0.3) is 0 Å². The van der Waals surface area contributed by atoms with Crippen LogP contribution in [0.1, 0.15) is 30.1 Å². The number of aromatic nitrogens is 2. The van der Waals surface area contributed by atoms with Crippen molar-refractivity contribution in [3.05, 3.63) is 87.4 Å². The van der Waals surface area contributed by atoms with E-state index in [2.05, 4.69) is 9.46 Å². The number of hydrogen-bond donors (Lipinski definition) is 1. The molecule has 1 aliphatic rings. The van der Waals surface area contributed by atoms with Crippen LogP contribution >= 0.6 is 23.2 Å². The lowest BCUT2D eigenvalue weighted by atomic mass is 10.0. The molecular formula is C29H27Cl2F2N3O7S. The molecule has 1 atom stereocenters. The zero-order valence-corrected chi connectivity index (χ0v) is 25.5. The van der Waals surface area contributed by atoms with Gasteiger partial charge in [-0.1, -0.05) is 47.5 Å². The van der Waals surface area contributed by atoms with E-state index in [9.17, 15) is 27.2 Å². The number of alkyl halides is 2. The largest absolute Gasteiger partial charge is 0.619 e. The summed E-state index contributed by atoms with van der Waals surface area (Å²) in [6.45, 7) is -3.09. The molecular weight excluding hydrogens is 643 g/mol. The summed E-state index contributed by atoms with van der Waals surface area (Å²) in [6, 6.07) is 11.1. The second-order valence-electron chi connectivity index (χ2n) is 10.4. The van der Waals surface area contributed by atoms with Crippen LogP contribution in [0.4, 0.5) is 14.5 Å². The van der Waals surface area contributed by atoms with Crippen molar-refractivity contribution in [3.63, 3.8) is 0 Å². The number of esters is 1. The molecule has 2 aromatic carbocycles. The van der Waals surface area contributed by atoms with E-state index in [4.69, 9.17) is 32.7 Å². The maximum absolute atomic E-state index is 13.4. The fraction of sp³-hybridized carbons (Fsp3) is 0.310. The van der Waals surface area contributed by atoms with Gasteiger partial charge >= 0.3 is 12.6 Å². The van der Waals surface area contributed by atoms with Crippen LogP contribution in [0, 0.1) is 11.1 Å². The lowest BCUT2D eigenvalue weighted by molar-refractivity contribution is -0.605. The third-order valence-corrected chi connectivity index (χ3v) is 8.07. The van der Waals surface area contributed by atoms with Crippen LogP contribution in [-0.4, -0.2) is 38.4 Å². The number of anilines is 1. The van der Waals surface area contributed by atoms with Crippen LogP contribution < -0.4 is 18.9 Å². The van der Waals surface area contributed by atoms with Crippen molar-refractivity contribution in [1.82, 2.24) is 4.57 Å². The van der Waals surface area contributed by atoms with E-state index < -0.39 is 28.7 Å².